The Morgan fingerprint density at radius 3 is 2.56 bits per heavy atom. The maximum atomic E-state index is 11.7. The molecule has 0 aromatic heterocycles. The SMILES string of the molecule is CC(C)NCCC(=O)Nc1cccc(C(C)C)c1. The van der Waals surface area contributed by atoms with Crippen LogP contribution in [0.1, 0.15) is 45.6 Å². The van der Waals surface area contributed by atoms with Crippen LogP contribution in [0.3, 0.4) is 0 Å². The fourth-order valence-corrected chi connectivity index (χ4v) is 1.67. The van der Waals surface area contributed by atoms with Gasteiger partial charge in [-0.3, -0.25) is 4.79 Å². The molecule has 0 aliphatic rings. The molecule has 0 unspecified atom stereocenters. The van der Waals surface area contributed by atoms with Crippen LogP contribution in [0, 0.1) is 0 Å². The Kier molecular flexibility index (Phi) is 5.86. The fourth-order valence-electron chi connectivity index (χ4n) is 1.67. The van der Waals surface area contributed by atoms with Gasteiger partial charge in [-0.25, -0.2) is 0 Å². The lowest BCUT2D eigenvalue weighted by Crippen LogP contribution is -2.27. The van der Waals surface area contributed by atoms with Gasteiger partial charge in [0.1, 0.15) is 0 Å². The van der Waals surface area contributed by atoms with Gasteiger partial charge in [-0.2, -0.15) is 0 Å². The highest BCUT2D eigenvalue weighted by Gasteiger charge is 2.04. The molecule has 0 spiro atoms. The topological polar surface area (TPSA) is 41.1 Å². The van der Waals surface area contributed by atoms with Gasteiger partial charge in [-0.1, -0.05) is 39.8 Å². The van der Waals surface area contributed by atoms with Crippen LogP contribution in [0.15, 0.2) is 24.3 Å². The summed E-state index contributed by atoms with van der Waals surface area (Å²) in [6.07, 6.45) is 0.504. The van der Waals surface area contributed by atoms with Crippen molar-refractivity contribution in [2.24, 2.45) is 0 Å². The second-order valence-corrected chi connectivity index (χ2v) is 5.19. The van der Waals surface area contributed by atoms with E-state index in [9.17, 15) is 4.79 Å². The van der Waals surface area contributed by atoms with Crippen LogP contribution in [0.4, 0.5) is 5.69 Å². The monoisotopic (exact) mass is 248 g/mol. The molecule has 1 rings (SSSR count). The van der Waals surface area contributed by atoms with E-state index in [2.05, 4.69) is 44.4 Å². The van der Waals surface area contributed by atoms with Gasteiger partial charge in [-0.05, 0) is 23.6 Å². The first-order valence-electron chi connectivity index (χ1n) is 6.62. The van der Waals surface area contributed by atoms with Crippen molar-refractivity contribution in [2.45, 2.75) is 46.1 Å². The van der Waals surface area contributed by atoms with Gasteiger partial charge >= 0.3 is 0 Å². The van der Waals surface area contributed by atoms with Crippen LogP contribution >= 0.6 is 0 Å². The number of hydrogen-bond donors (Lipinski definition) is 2. The number of carbonyl (C=O) groups is 1. The van der Waals surface area contributed by atoms with Crippen LogP contribution in [-0.4, -0.2) is 18.5 Å². The molecule has 0 aliphatic heterocycles. The second kappa shape index (κ2) is 7.17. The van der Waals surface area contributed by atoms with E-state index in [0.717, 1.165) is 5.69 Å². The molecule has 0 bridgehead atoms. The predicted octanol–water partition coefficient (Wildman–Crippen LogP) is 3.14. The molecule has 1 amide bonds. The van der Waals surface area contributed by atoms with Crippen LogP contribution in [0.2, 0.25) is 0 Å². The molecule has 0 radical (unpaired) electrons. The van der Waals surface area contributed by atoms with Crippen molar-refractivity contribution >= 4 is 11.6 Å². The highest BCUT2D eigenvalue weighted by molar-refractivity contribution is 5.90. The molecule has 0 fully saturated rings. The molecular weight excluding hydrogens is 224 g/mol. The zero-order valence-corrected chi connectivity index (χ0v) is 11.8. The summed E-state index contributed by atoms with van der Waals surface area (Å²) < 4.78 is 0. The Morgan fingerprint density at radius 1 is 1.22 bits per heavy atom. The van der Waals surface area contributed by atoms with Gasteiger partial charge in [0.15, 0.2) is 0 Å². The summed E-state index contributed by atoms with van der Waals surface area (Å²) in [5.74, 6) is 0.536. The van der Waals surface area contributed by atoms with Crippen LogP contribution < -0.4 is 10.6 Å². The van der Waals surface area contributed by atoms with Crippen molar-refractivity contribution in [3.63, 3.8) is 0 Å². The normalized spacial score (nSPS) is 11.0. The van der Waals surface area contributed by atoms with Crippen molar-refractivity contribution in [3.05, 3.63) is 29.8 Å². The summed E-state index contributed by atoms with van der Waals surface area (Å²) in [7, 11) is 0. The van der Waals surface area contributed by atoms with Crippen molar-refractivity contribution in [1.82, 2.24) is 5.32 Å². The van der Waals surface area contributed by atoms with Gasteiger partial charge < -0.3 is 10.6 Å². The Hall–Kier alpha value is -1.35. The highest BCUT2D eigenvalue weighted by atomic mass is 16.1. The Balaban J connectivity index is 2.46. The number of rotatable bonds is 6. The van der Waals surface area contributed by atoms with Crippen molar-refractivity contribution in [3.8, 4) is 0 Å². The molecule has 3 heteroatoms. The van der Waals surface area contributed by atoms with Crippen LogP contribution in [-0.2, 0) is 4.79 Å². The van der Waals surface area contributed by atoms with Gasteiger partial charge in [0, 0.05) is 24.7 Å². The maximum absolute atomic E-state index is 11.7. The molecule has 0 atom stereocenters. The van der Waals surface area contributed by atoms with Crippen molar-refractivity contribution in [1.29, 1.82) is 0 Å². The summed E-state index contributed by atoms with van der Waals surface area (Å²) in [5.41, 5.74) is 2.13. The first-order valence-corrected chi connectivity index (χ1v) is 6.62. The molecule has 100 valence electrons. The van der Waals surface area contributed by atoms with E-state index in [4.69, 9.17) is 0 Å². The second-order valence-electron chi connectivity index (χ2n) is 5.19. The molecular formula is C15H24N2O. The zero-order valence-electron chi connectivity index (χ0n) is 11.8. The molecule has 1 aromatic rings. The summed E-state index contributed by atoms with van der Waals surface area (Å²) >= 11 is 0. The lowest BCUT2D eigenvalue weighted by Gasteiger charge is -2.10. The van der Waals surface area contributed by atoms with E-state index in [1.54, 1.807) is 0 Å². The molecule has 3 nitrogen and oxygen atoms in total. The van der Waals surface area contributed by atoms with Crippen LogP contribution in [0.5, 0.6) is 0 Å². The minimum absolute atomic E-state index is 0.0593. The number of hydrogen-bond acceptors (Lipinski definition) is 2. The average Bonchev–Trinajstić information content (AvgIpc) is 2.28. The Labute approximate surface area is 110 Å². The Morgan fingerprint density at radius 2 is 1.94 bits per heavy atom. The van der Waals surface area contributed by atoms with Gasteiger partial charge in [0.2, 0.25) is 5.91 Å². The molecule has 18 heavy (non-hydrogen) atoms. The van der Waals surface area contributed by atoms with Gasteiger partial charge in [0.05, 0.1) is 0 Å². The van der Waals surface area contributed by atoms with Gasteiger partial charge in [0.25, 0.3) is 0 Å². The molecule has 0 aliphatic carbocycles. The summed E-state index contributed by atoms with van der Waals surface area (Å²) in [4.78, 5) is 11.7. The average molecular weight is 248 g/mol. The van der Waals surface area contributed by atoms with E-state index >= 15 is 0 Å². The molecule has 0 saturated carbocycles. The number of amides is 1. The third kappa shape index (κ3) is 5.32. The number of carbonyl (C=O) groups excluding carboxylic acids is 1. The zero-order chi connectivity index (χ0) is 13.5. The summed E-state index contributed by atoms with van der Waals surface area (Å²) in [6, 6.07) is 8.46. The van der Waals surface area contributed by atoms with E-state index < -0.39 is 0 Å². The first-order chi connectivity index (χ1) is 8.49. The summed E-state index contributed by atoms with van der Waals surface area (Å²) in [5, 5.41) is 6.16. The van der Waals surface area contributed by atoms with Crippen molar-refractivity contribution < 1.29 is 4.79 Å². The molecule has 0 saturated heterocycles. The third-order valence-electron chi connectivity index (χ3n) is 2.74. The largest absolute Gasteiger partial charge is 0.326 e. The quantitative estimate of drug-likeness (QED) is 0.812. The number of nitrogens with one attached hydrogen (secondary N) is 2. The van der Waals surface area contributed by atoms with E-state index in [1.165, 1.54) is 5.56 Å². The summed E-state index contributed by atoms with van der Waals surface area (Å²) in [6.45, 7) is 9.16. The predicted molar refractivity (Wildman–Crippen MR) is 76.9 cm³/mol. The fraction of sp³-hybridized carbons (Fsp3) is 0.533. The molecule has 2 N–H and O–H groups in total. The minimum atomic E-state index is 0.0593. The Bertz CT molecular complexity index is 386. The first kappa shape index (κ1) is 14.7. The van der Waals surface area contributed by atoms with E-state index in [-0.39, 0.29) is 5.91 Å². The van der Waals surface area contributed by atoms with E-state index in [1.807, 2.05) is 18.2 Å². The van der Waals surface area contributed by atoms with Crippen LogP contribution in [0.25, 0.3) is 0 Å². The third-order valence-corrected chi connectivity index (χ3v) is 2.74. The lowest BCUT2D eigenvalue weighted by atomic mass is 10.0. The highest BCUT2D eigenvalue weighted by Crippen LogP contribution is 2.18. The molecule has 1 aromatic carbocycles. The number of benzene rings is 1. The van der Waals surface area contributed by atoms with E-state index in [0.29, 0.717) is 24.9 Å². The number of anilines is 1. The minimum Gasteiger partial charge on any atom is -0.326 e. The van der Waals surface area contributed by atoms with Gasteiger partial charge in [-0.15, -0.1) is 0 Å². The lowest BCUT2D eigenvalue weighted by molar-refractivity contribution is -0.116. The molecule has 0 heterocycles. The smallest absolute Gasteiger partial charge is 0.225 e. The maximum Gasteiger partial charge on any atom is 0.225 e. The standard InChI is InChI=1S/C15H24N2O/c1-11(2)13-6-5-7-14(10-13)17-15(18)8-9-16-12(3)4/h5-7,10-12,16H,8-9H2,1-4H3,(H,17,18). The van der Waals surface area contributed by atoms with Crippen molar-refractivity contribution in [2.75, 3.05) is 11.9 Å².